The lowest BCUT2D eigenvalue weighted by Crippen LogP contribution is -2.24. The molecule has 0 atom stereocenters. The largest absolute Gasteiger partial charge is 0.350 e. The first-order chi connectivity index (χ1) is 18.3. The fraction of sp³-hybridized carbons (Fsp3) is 0.267. The standard InChI is InChI=1S/C30H30FN5O2/c1-19-33-24-14-15-32-18-26(24)36(19)16-6-4-5-7-27(37)28-23-13-10-21(20-8-11-22(31)12-9-20)17-25(23)34-29(28)30(38)35(2)3/h8-15,17-18,34H,4-7,16H2,1-3H3. The van der Waals surface area contributed by atoms with Crippen LogP contribution in [0, 0.1) is 12.7 Å². The van der Waals surface area contributed by atoms with E-state index in [0.29, 0.717) is 23.2 Å². The van der Waals surface area contributed by atoms with Gasteiger partial charge in [0, 0.05) is 44.2 Å². The minimum atomic E-state index is -0.299. The van der Waals surface area contributed by atoms with Gasteiger partial charge in [-0.05, 0) is 55.2 Å². The predicted molar refractivity (Wildman–Crippen MR) is 147 cm³/mol. The van der Waals surface area contributed by atoms with E-state index in [1.54, 1.807) is 32.4 Å². The number of nitrogens with one attached hydrogen (secondary N) is 1. The van der Waals surface area contributed by atoms with E-state index in [2.05, 4.69) is 19.5 Å². The van der Waals surface area contributed by atoms with Crippen LogP contribution in [0.2, 0.25) is 0 Å². The van der Waals surface area contributed by atoms with Crippen LogP contribution in [0.15, 0.2) is 60.9 Å². The summed E-state index contributed by atoms with van der Waals surface area (Å²) in [4.78, 5) is 39.8. The minimum Gasteiger partial charge on any atom is -0.350 e. The van der Waals surface area contributed by atoms with Crippen LogP contribution in [0.1, 0.15) is 52.4 Å². The van der Waals surface area contributed by atoms with Crippen LogP contribution in [0.4, 0.5) is 4.39 Å². The van der Waals surface area contributed by atoms with Crippen molar-refractivity contribution in [3.05, 3.63) is 83.8 Å². The predicted octanol–water partition coefficient (Wildman–Crippen LogP) is 6.17. The van der Waals surface area contributed by atoms with Gasteiger partial charge in [0.15, 0.2) is 5.78 Å². The molecule has 1 amide bonds. The second-order valence-corrected chi connectivity index (χ2v) is 9.75. The summed E-state index contributed by atoms with van der Waals surface area (Å²) >= 11 is 0. The highest BCUT2D eigenvalue weighted by Crippen LogP contribution is 2.30. The van der Waals surface area contributed by atoms with Crippen LogP contribution in [0.25, 0.3) is 33.1 Å². The SMILES string of the molecule is Cc1nc2ccncc2n1CCCCCC(=O)c1c(C(=O)N(C)C)[nH]c2cc(-c3ccc(F)cc3)ccc12. The molecule has 2 aromatic carbocycles. The molecule has 5 rings (SSSR count). The number of ketones is 1. The molecule has 0 unspecified atom stereocenters. The number of aryl methyl sites for hydroxylation is 2. The second-order valence-electron chi connectivity index (χ2n) is 9.75. The first-order valence-corrected chi connectivity index (χ1v) is 12.8. The number of benzene rings is 2. The molecule has 0 fully saturated rings. The maximum absolute atomic E-state index is 13.4. The van der Waals surface area contributed by atoms with Crippen molar-refractivity contribution in [1.29, 1.82) is 0 Å². The molecule has 5 aromatic rings. The molecule has 38 heavy (non-hydrogen) atoms. The number of rotatable bonds is 9. The van der Waals surface area contributed by atoms with Gasteiger partial charge in [-0.25, -0.2) is 9.37 Å². The van der Waals surface area contributed by atoms with Crippen LogP contribution < -0.4 is 0 Å². The number of unbranched alkanes of at least 4 members (excludes halogenated alkanes) is 2. The molecule has 8 heteroatoms. The number of nitrogens with zero attached hydrogens (tertiary/aromatic N) is 4. The molecule has 194 valence electrons. The summed E-state index contributed by atoms with van der Waals surface area (Å²) < 4.78 is 15.5. The van der Waals surface area contributed by atoms with Crippen LogP contribution in [-0.2, 0) is 6.54 Å². The summed E-state index contributed by atoms with van der Waals surface area (Å²) in [6.45, 7) is 2.80. The van der Waals surface area contributed by atoms with Crippen molar-refractivity contribution in [2.45, 2.75) is 39.2 Å². The average Bonchev–Trinajstić information content (AvgIpc) is 3.45. The zero-order valence-electron chi connectivity index (χ0n) is 21.8. The number of carbonyl (C=O) groups excluding carboxylic acids is 2. The van der Waals surface area contributed by atoms with E-state index in [1.165, 1.54) is 17.0 Å². The normalized spacial score (nSPS) is 11.4. The summed E-state index contributed by atoms with van der Waals surface area (Å²) in [5, 5.41) is 0.721. The zero-order chi connectivity index (χ0) is 26.8. The highest BCUT2D eigenvalue weighted by atomic mass is 19.1. The molecule has 0 aliphatic rings. The number of pyridine rings is 1. The number of carbonyl (C=O) groups is 2. The monoisotopic (exact) mass is 511 g/mol. The van der Waals surface area contributed by atoms with E-state index in [0.717, 1.165) is 59.2 Å². The molecule has 0 aliphatic carbocycles. The first kappa shape index (κ1) is 25.3. The molecule has 3 heterocycles. The third-order valence-corrected chi connectivity index (χ3v) is 6.90. The number of H-pyrrole nitrogens is 1. The Bertz CT molecular complexity index is 1630. The van der Waals surface area contributed by atoms with Crippen LogP contribution in [0.3, 0.4) is 0 Å². The van der Waals surface area contributed by atoms with Gasteiger partial charge >= 0.3 is 0 Å². The van der Waals surface area contributed by atoms with E-state index >= 15 is 0 Å². The Morgan fingerprint density at radius 3 is 2.53 bits per heavy atom. The van der Waals surface area contributed by atoms with Gasteiger partial charge in [-0.2, -0.15) is 0 Å². The van der Waals surface area contributed by atoms with Crippen LogP contribution >= 0.6 is 0 Å². The number of hydrogen-bond donors (Lipinski definition) is 1. The van der Waals surface area contributed by atoms with Crippen LogP contribution in [0.5, 0.6) is 0 Å². The van der Waals surface area contributed by atoms with Gasteiger partial charge in [-0.3, -0.25) is 14.6 Å². The Morgan fingerprint density at radius 1 is 1.00 bits per heavy atom. The Morgan fingerprint density at radius 2 is 1.76 bits per heavy atom. The fourth-order valence-corrected chi connectivity index (χ4v) is 4.92. The van der Waals surface area contributed by atoms with E-state index in [4.69, 9.17) is 0 Å². The number of fused-ring (bicyclic) bond motifs is 2. The number of Topliss-reactive ketones (excluding diaryl/α,β-unsaturated/α-hetero) is 1. The molecule has 7 nitrogen and oxygen atoms in total. The Labute approximate surface area is 220 Å². The van der Waals surface area contributed by atoms with Gasteiger partial charge in [0.2, 0.25) is 0 Å². The van der Waals surface area contributed by atoms with Crippen LogP contribution in [-0.4, -0.2) is 50.2 Å². The van der Waals surface area contributed by atoms with Crippen molar-refractivity contribution in [2.24, 2.45) is 0 Å². The summed E-state index contributed by atoms with van der Waals surface area (Å²) in [5.74, 6) is 0.357. The number of aromatic amines is 1. The molecular formula is C30H30FN5O2. The topological polar surface area (TPSA) is 83.9 Å². The number of halogens is 1. The maximum atomic E-state index is 13.4. The number of aromatic nitrogens is 4. The molecular weight excluding hydrogens is 481 g/mol. The Balaban J connectivity index is 1.32. The average molecular weight is 512 g/mol. The molecule has 0 aliphatic heterocycles. The van der Waals surface area contributed by atoms with Crippen molar-refractivity contribution in [3.8, 4) is 11.1 Å². The van der Waals surface area contributed by atoms with Gasteiger partial charge in [0.05, 0.1) is 22.8 Å². The third-order valence-electron chi connectivity index (χ3n) is 6.90. The van der Waals surface area contributed by atoms with Gasteiger partial charge in [0.25, 0.3) is 5.91 Å². The number of amides is 1. The number of imidazole rings is 1. The van der Waals surface area contributed by atoms with E-state index in [-0.39, 0.29) is 17.5 Å². The van der Waals surface area contributed by atoms with Crippen molar-refractivity contribution in [1.82, 2.24) is 24.4 Å². The summed E-state index contributed by atoms with van der Waals surface area (Å²) in [6.07, 6.45) is 6.44. The van der Waals surface area contributed by atoms with E-state index < -0.39 is 0 Å². The molecule has 1 N–H and O–H groups in total. The highest BCUT2D eigenvalue weighted by Gasteiger charge is 2.24. The smallest absolute Gasteiger partial charge is 0.270 e. The maximum Gasteiger partial charge on any atom is 0.270 e. The van der Waals surface area contributed by atoms with Crippen molar-refractivity contribution >= 4 is 33.6 Å². The van der Waals surface area contributed by atoms with Gasteiger partial charge in [-0.1, -0.05) is 30.7 Å². The molecule has 0 radical (unpaired) electrons. The first-order valence-electron chi connectivity index (χ1n) is 12.8. The zero-order valence-corrected chi connectivity index (χ0v) is 21.8. The lowest BCUT2D eigenvalue weighted by molar-refractivity contribution is 0.0815. The minimum absolute atomic E-state index is 0.0514. The molecule has 0 bridgehead atoms. The third kappa shape index (κ3) is 4.94. The van der Waals surface area contributed by atoms with Crippen molar-refractivity contribution < 1.29 is 14.0 Å². The molecule has 0 saturated carbocycles. The summed E-state index contributed by atoms with van der Waals surface area (Å²) in [7, 11) is 3.34. The summed E-state index contributed by atoms with van der Waals surface area (Å²) in [5.41, 5.74) is 5.13. The Hall–Kier alpha value is -4.33. The quantitative estimate of drug-likeness (QED) is 0.189. The lowest BCUT2D eigenvalue weighted by atomic mass is 9.98. The van der Waals surface area contributed by atoms with Gasteiger partial charge in [-0.15, -0.1) is 0 Å². The van der Waals surface area contributed by atoms with Crippen molar-refractivity contribution in [3.63, 3.8) is 0 Å². The molecule has 0 saturated heterocycles. The number of hydrogen-bond acceptors (Lipinski definition) is 4. The fourth-order valence-electron chi connectivity index (χ4n) is 4.92. The summed E-state index contributed by atoms with van der Waals surface area (Å²) in [6, 6.07) is 13.8. The highest BCUT2D eigenvalue weighted by molar-refractivity contribution is 6.16. The molecule has 0 spiro atoms. The van der Waals surface area contributed by atoms with E-state index in [1.807, 2.05) is 37.4 Å². The van der Waals surface area contributed by atoms with Gasteiger partial charge in [0.1, 0.15) is 17.3 Å². The van der Waals surface area contributed by atoms with Gasteiger partial charge < -0.3 is 14.5 Å². The van der Waals surface area contributed by atoms with Crippen molar-refractivity contribution in [2.75, 3.05) is 14.1 Å². The second kappa shape index (κ2) is 10.6. The lowest BCUT2D eigenvalue weighted by Gasteiger charge is -2.11. The molecule has 3 aromatic heterocycles. The Kier molecular flexibility index (Phi) is 7.05. The van der Waals surface area contributed by atoms with E-state index in [9.17, 15) is 14.0 Å².